The number of esters is 1. The number of rotatable bonds is 7. The van der Waals surface area contributed by atoms with Crippen LogP contribution < -0.4 is 14.2 Å². The molecule has 0 radical (unpaired) electrons. The summed E-state index contributed by atoms with van der Waals surface area (Å²) in [4.78, 5) is 11.9. The molecule has 2 aromatic rings. The average Bonchev–Trinajstić information content (AvgIpc) is 2.60. The first-order valence-electron chi connectivity index (χ1n) is 7.79. The molecule has 0 aromatic heterocycles. The maximum Gasteiger partial charge on any atom is 0.326 e. The molecule has 0 spiro atoms. The molecule has 0 unspecified atom stereocenters. The minimum Gasteiger partial charge on any atom is -0.496 e. The summed E-state index contributed by atoms with van der Waals surface area (Å²) >= 11 is 0. The van der Waals surface area contributed by atoms with Crippen LogP contribution in [0.5, 0.6) is 11.5 Å². The predicted molar refractivity (Wildman–Crippen MR) is 94.4 cm³/mol. The molecule has 0 fully saturated rings. The second-order valence-electron chi connectivity index (χ2n) is 5.43. The van der Waals surface area contributed by atoms with Gasteiger partial charge >= 0.3 is 5.97 Å². The summed E-state index contributed by atoms with van der Waals surface area (Å²) in [5.41, 5.74) is 1.71. The van der Waals surface area contributed by atoms with Gasteiger partial charge in [0.1, 0.15) is 18.0 Å². The summed E-state index contributed by atoms with van der Waals surface area (Å²) < 4.78 is 37.1. The summed E-state index contributed by atoms with van der Waals surface area (Å²) in [6.45, 7) is 3.28. The van der Waals surface area contributed by atoms with Crippen LogP contribution in [0.15, 0.2) is 47.4 Å². The second-order valence-corrected chi connectivity index (χ2v) is 7.20. The van der Waals surface area contributed by atoms with Crippen molar-refractivity contribution < 1.29 is 22.7 Å². The highest BCUT2D eigenvalue weighted by molar-refractivity contribution is 7.89. The Morgan fingerprint density at radius 3 is 2.56 bits per heavy atom. The van der Waals surface area contributed by atoms with Gasteiger partial charge in [-0.15, -0.1) is 0 Å². The van der Waals surface area contributed by atoms with Crippen molar-refractivity contribution in [2.24, 2.45) is 0 Å². The molecule has 134 valence electrons. The topological polar surface area (TPSA) is 81.7 Å². The Morgan fingerprint density at radius 1 is 1.16 bits per heavy atom. The molecule has 0 aliphatic heterocycles. The van der Waals surface area contributed by atoms with E-state index in [-0.39, 0.29) is 4.90 Å². The SMILES string of the molecule is CCc1cccc(OC(=O)CNS(=O)(=O)c2ccc(OC)c(C)c2)c1. The first-order chi connectivity index (χ1) is 11.9. The van der Waals surface area contributed by atoms with Crippen molar-refractivity contribution in [1.82, 2.24) is 4.72 Å². The van der Waals surface area contributed by atoms with Gasteiger partial charge in [-0.3, -0.25) is 4.79 Å². The lowest BCUT2D eigenvalue weighted by atomic mass is 10.2. The maximum absolute atomic E-state index is 12.3. The minimum atomic E-state index is -3.81. The molecule has 2 rings (SSSR count). The fourth-order valence-electron chi connectivity index (χ4n) is 2.25. The molecule has 0 atom stereocenters. The van der Waals surface area contributed by atoms with Gasteiger partial charge in [0.05, 0.1) is 12.0 Å². The zero-order chi connectivity index (χ0) is 18.4. The van der Waals surface area contributed by atoms with E-state index in [0.717, 1.165) is 12.0 Å². The molecule has 0 aliphatic rings. The molecular weight excluding hydrogens is 342 g/mol. The van der Waals surface area contributed by atoms with Gasteiger partial charge in [-0.1, -0.05) is 19.1 Å². The number of methoxy groups -OCH3 is 1. The van der Waals surface area contributed by atoms with Crippen LogP contribution in [-0.2, 0) is 21.2 Å². The lowest BCUT2D eigenvalue weighted by molar-refractivity contribution is -0.133. The standard InChI is InChI=1S/C18H21NO5S/c1-4-14-6-5-7-15(11-14)24-18(20)12-19-25(21,22)16-8-9-17(23-3)13(2)10-16/h5-11,19H,4,12H2,1-3H3. The van der Waals surface area contributed by atoms with Crippen molar-refractivity contribution in [1.29, 1.82) is 0 Å². The van der Waals surface area contributed by atoms with Gasteiger partial charge in [-0.2, -0.15) is 4.72 Å². The predicted octanol–water partition coefficient (Wildman–Crippen LogP) is 2.45. The number of hydrogen-bond donors (Lipinski definition) is 1. The van der Waals surface area contributed by atoms with Crippen molar-refractivity contribution in [3.05, 3.63) is 53.6 Å². The Bertz CT molecular complexity index is 862. The van der Waals surface area contributed by atoms with Crippen LogP contribution in [-0.4, -0.2) is 28.0 Å². The molecule has 0 bridgehead atoms. The van der Waals surface area contributed by atoms with Crippen LogP contribution in [0.2, 0.25) is 0 Å². The number of aryl methyl sites for hydroxylation is 2. The van der Waals surface area contributed by atoms with E-state index in [4.69, 9.17) is 9.47 Å². The second kappa shape index (κ2) is 8.13. The summed E-state index contributed by atoms with van der Waals surface area (Å²) in [5, 5.41) is 0. The van der Waals surface area contributed by atoms with Crippen LogP contribution in [0.25, 0.3) is 0 Å². The summed E-state index contributed by atoms with van der Waals surface area (Å²) in [7, 11) is -2.30. The molecular formula is C18H21NO5S. The Balaban J connectivity index is 2.01. The third kappa shape index (κ3) is 5.04. The van der Waals surface area contributed by atoms with Crippen LogP contribution in [0.1, 0.15) is 18.1 Å². The molecule has 0 amide bonds. The van der Waals surface area contributed by atoms with E-state index >= 15 is 0 Å². The van der Waals surface area contributed by atoms with Crippen LogP contribution in [0.4, 0.5) is 0 Å². The van der Waals surface area contributed by atoms with E-state index in [9.17, 15) is 13.2 Å². The van der Waals surface area contributed by atoms with Gasteiger partial charge in [0.25, 0.3) is 0 Å². The number of carbonyl (C=O) groups excluding carboxylic acids is 1. The fraction of sp³-hybridized carbons (Fsp3) is 0.278. The number of hydrogen-bond acceptors (Lipinski definition) is 5. The van der Waals surface area contributed by atoms with Crippen LogP contribution in [0, 0.1) is 6.92 Å². The van der Waals surface area contributed by atoms with Gasteiger partial charge in [-0.05, 0) is 54.8 Å². The molecule has 7 heteroatoms. The normalized spacial score (nSPS) is 11.2. The van der Waals surface area contributed by atoms with E-state index < -0.39 is 22.5 Å². The van der Waals surface area contributed by atoms with Gasteiger partial charge in [-0.25, -0.2) is 8.42 Å². The number of nitrogens with one attached hydrogen (secondary N) is 1. The van der Waals surface area contributed by atoms with Crippen molar-refractivity contribution >= 4 is 16.0 Å². The molecule has 6 nitrogen and oxygen atoms in total. The molecule has 0 saturated heterocycles. The lowest BCUT2D eigenvalue weighted by Crippen LogP contribution is -2.32. The third-order valence-electron chi connectivity index (χ3n) is 3.62. The number of ether oxygens (including phenoxy) is 2. The fourth-order valence-corrected chi connectivity index (χ4v) is 3.31. The highest BCUT2D eigenvalue weighted by Gasteiger charge is 2.17. The molecule has 2 aromatic carbocycles. The van der Waals surface area contributed by atoms with Crippen molar-refractivity contribution in [3.8, 4) is 11.5 Å². The van der Waals surface area contributed by atoms with E-state index in [1.165, 1.54) is 19.2 Å². The first kappa shape index (κ1) is 19.0. The highest BCUT2D eigenvalue weighted by atomic mass is 32.2. The van der Waals surface area contributed by atoms with Gasteiger partial charge < -0.3 is 9.47 Å². The number of carbonyl (C=O) groups is 1. The maximum atomic E-state index is 12.3. The van der Waals surface area contributed by atoms with Gasteiger partial charge in [0.2, 0.25) is 10.0 Å². The molecule has 0 heterocycles. The zero-order valence-electron chi connectivity index (χ0n) is 14.4. The molecule has 0 saturated carbocycles. The van der Waals surface area contributed by atoms with E-state index in [1.54, 1.807) is 31.2 Å². The molecule has 1 N–H and O–H groups in total. The Labute approximate surface area is 147 Å². The third-order valence-corrected chi connectivity index (χ3v) is 5.02. The summed E-state index contributed by atoms with van der Waals surface area (Å²) in [5.74, 6) is 0.306. The van der Waals surface area contributed by atoms with E-state index in [2.05, 4.69) is 4.72 Å². The minimum absolute atomic E-state index is 0.0616. The largest absolute Gasteiger partial charge is 0.496 e. The first-order valence-corrected chi connectivity index (χ1v) is 9.28. The van der Waals surface area contributed by atoms with Gasteiger partial charge in [0, 0.05) is 0 Å². The van der Waals surface area contributed by atoms with Crippen molar-refractivity contribution in [3.63, 3.8) is 0 Å². The van der Waals surface area contributed by atoms with E-state index in [1.807, 2.05) is 13.0 Å². The summed E-state index contributed by atoms with van der Waals surface area (Å²) in [6, 6.07) is 11.6. The van der Waals surface area contributed by atoms with Crippen molar-refractivity contribution in [2.45, 2.75) is 25.2 Å². The Morgan fingerprint density at radius 2 is 1.92 bits per heavy atom. The van der Waals surface area contributed by atoms with E-state index in [0.29, 0.717) is 17.1 Å². The molecule has 0 aliphatic carbocycles. The average molecular weight is 363 g/mol. The Kier molecular flexibility index (Phi) is 6.17. The molecule has 25 heavy (non-hydrogen) atoms. The number of benzene rings is 2. The monoisotopic (exact) mass is 363 g/mol. The zero-order valence-corrected chi connectivity index (χ0v) is 15.2. The van der Waals surface area contributed by atoms with Crippen LogP contribution in [0.3, 0.4) is 0 Å². The lowest BCUT2D eigenvalue weighted by Gasteiger charge is -2.10. The summed E-state index contributed by atoms with van der Waals surface area (Å²) in [6.07, 6.45) is 0.814. The van der Waals surface area contributed by atoms with Crippen molar-refractivity contribution in [2.75, 3.05) is 13.7 Å². The smallest absolute Gasteiger partial charge is 0.326 e. The number of sulfonamides is 1. The Hall–Kier alpha value is -2.38. The van der Waals surface area contributed by atoms with Gasteiger partial charge in [0.15, 0.2) is 0 Å². The highest BCUT2D eigenvalue weighted by Crippen LogP contribution is 2.21. The van der Waals surface area contributed by atoms with Crippen LogP contribution >= 0.6 is 0 Å². The quantitative estimate of drug-likeness (QED) is 0.604.